The molecule has 0 atom stereocenters. The van der Waals surface area contributed by atoms with Crippen LogP contribution in [-0.4, -0.2) is 48.3 Å². The molecule has 112 valence electrons. The number of sulfone groups is 1. The highest BCUT2D eigenvalue weighted by atomic mass is 32.2. The smallest absolute Gasteiger partial charge is 0.410 e. The van der Waals surface area contributed by atoms with E-state index in [0.29, 0.717) is 5.69 Å². The van der Waals surface area contributed by atoms with Gasteiger partial charge in [0.05, 0.1) is 12.2 Å². The maximum atomic E-state index is 11.8. The van der Waals surface area contributed by atoms with Gasteiger partial charge in [0.2, 0.25) is 15.0 Å². The van der Waals surface area contributed by atoms with Gasteiger partial charge in [0.1, 0.15) is 5.60 Å². The van der Waals surface area contributed by atoms with Crippen LogP contribution in [0.5, 0.6) is 0 Å². The Balaban J connectivity index is 2.81. The summed E-state index contributed by atoms with van der Waals surface area (Å²) in [5.41, 5.74) is -0.164. The van der Waals surface area contributed by atoms with Crippen molar-refractivity contribution in [2.24, 2.45) is 0 Å². The van der Waals surface area contributed by atoms with Crippen LogP contribution in [0.15, 0.2) is 17.4 Å². The highest BCUT2D eigenvalue weighted by Gasteiger charge is 2.20. The van der Waals surface area contributed by atoms with Crippen LogP contribution in [0.4, 0.5) is 4.79 Å². The van der Waals surface area contributed by atoms with Crippen LogP contribution in [0, 0.1) is 0 Å². The third kappa shape index (κ3) is 5.12. The van der Waals surface area contributed by atoms with Gasteiger partial charge in [-0.1, -0.05) is 0 Å². The second kappa shape index (κ2) is 5.74. The molecule has 0 bridgehead atoms. The van der Waals surface area contributed by atoms with Gasteiger partial charge in [0.25, 0.3) is 0 Å². The molecule has 0 fully saturated rings. The van der Waals surface area contributed by atoms with Crippen LogP contribution >= 0.6 is 0 Å². The number of hydrogen-bond donors (Lipinski definition) is 0. The zero-order valence-corrected chi connectivity index (χ0v) is 13.1. The Morgan fingerprint density at radius 3 is 2.50 bits per heavy atom. The summed E-state index contributed by atoms with van der Waals surface area (Å²) in [5, 5.41) is -0.257. The van der Waals surface area contributed by atoms with E-state index in [1.165, 1.54) is 11.1 Å². The molecule has 0 aliphatic rings. The van der Waals surface area contributed by atoms with Crippen LogP contribution in [0.3, 0.4) is 0 Å². The maximum absolute atomic E-state index is 11.8. The molecule has 0 radical (unpaired) electrons. The Labute approximate surface area is 118 Å². The molecular formula is C12H19N3O4S. The molecule has 0 aliphatic carbocycles. The second-order valence-corrected chi connectivity index (χ2v) is 7.35. The summed E-state index contributed by atoms with van der Waals surface area (Å²) >= 11 is 0. The van der Waals surface area contributed by atoms with Crippen LogP contribution in [0.1, 0.15) is 26.5 Å². The number of nitrogens with zero attached hydrogens (tertiary/aromatic N) is 3. The molecular weight excluding hydrogens is 282 g/mol. The monoisotopic (exact) mass is 301 g/mol. The fourth-order valence-corrected chi connectivity index (χ4v) is 1.83. The Bertz CT molecular complexity index is 593. The normalized spacial score (nSPS) is 12.1. The van der Waals surface area contributed by atoms with Crippen molar-refractivity contribution >= 4 is 15.9 Å². The minimum atomic E-state index is -3.47. The molecule has 1 aromatic heterocycles. The molecule has 0 aliphatic heterocycles. The van der Waals surface area contributed by atoms with Crippen molar-refractivity contribution < 1.29 is 17.9 Å². The van der Waals surface area contributed by atoms with E-state index < -0.39 is 21.5 Å². The number of hydrogen-bond acceptors (Lipinski definition) is 6. The van der Waals surface area contributed by atoms with Gasteiger partial charge in [0, 0.05) is 19.5 Å². The Morgan fingerprint density at radius 2 is 2.00 bits per heavy atom. The van der Waals surface area contributed by atoms with Gasteiger partial charge in [0.15, 0.2) is 0 Å². The van der Waals surface area contributed by atoms with Crippen molar-refractivity contribution in [3.8, 4) is 0 Å². The standard InChI is InChI=1S/C12H19N3O4S/c1-12(2,3)19-11(16)15(4)8-9-6-7-13-10(14-9)20(5,17)18/h6-7H,8H2,1-5H3. The van der Waals surface area contributed by atoms with Gasteiger partial charge in [-0.3, -0.25) is 0 Å². The van der Waals surface area contributed by atoms with Crippen LogP contribution in [0.25, 0.3) is 0 Å². The minimum Gasteiger partial charge on any atom is -0.444 e. The summed E-state index contributed by atoms with van der Waals surface area (Å²) < 4.78 is 27.9. The van der Waals surface area contributed by atoms with E-state index in [-0.39, 0.29) is 11.7 Å². The van der Waals surface area contributed by atoms with Crippen molar-refractivity contribution in [3.63, 3.8) is 0 Å². The first-order valence-corrected chi connectivity index (χ1v) is 7.84. The lowest BCUT2D eigenvalue weighted by Gasteiger charge is -2.24. The van der Waals surface area contributed by atoms with Crippen molar-refractivity contribution in [1.29, 1.82) is 0 Å². The molecule has 1 aromatic rings. The predicted molar refractivity (Wildman–Crippen MR) is 72.8 cm³/mol. The SMILES string of the molecule is CN(Cc1ccnc(S(C)(=O)=O)n1)C(=O)OC(C)(C)C. The maximum Gasteiger partial charge on any atom is 0.410 e. The zero-order valence-electron chi connectivity index (χ0n) is 12.2. The number of aromatic nitrogens is 2. The summed E-state index contributed by atoms with van der Waals surface area (Å²) in [7, 11) is -1.92. The number of rotatable bonds is 3. The molecule has 0 aromatic carbocycles. The highest BCUT2D eigenvalue weighted by molar-refractivity contribution is 7.90. The molecule has 1 amide bonds. The third-order valence-corrected chi connectivity index (χ3v) is 2.99. The third-order valence-electron chi connectivity index (χ3n) is 2.13. The van der Waals surface area contributed by atoms with Gasteiger partial charge < -0.3 is 9.64 Å². The van der Waals surface area contributed by atoms with Gasteiger partial charge >= 0.3 is 6.09 Å². The molecule has 8 heteroatoms. The first kappa shape index (κ1) is 16.4. The molecule has 0 saturated carbocycles. The molecule has 1 rings (SSSR count). The van der Waals surface area contributed by atoms with E-state index in [1.54, 1.807) is 33.9 Å². The average Bonchev–Trinajstić information content (AvgIpc) is 2.25. The van der Waals surface area contributed by atoms with Crippen molar-refractivity contribution in [3.05, 3.63) is 18.0 Å². The highest BCUT2D eigenvalue weighted by Crippen LogP contribution is 2.11. The quantitative estimate of drug-likeness (QED) is 0.780. The molecule has 1 heterocycles. The summed E-state index contributed by atoms with van der Waals surface area (Å²) in [6.45, 7) is 5.45. The predicted octanol–water partition coefficient (Wildman–Crippen LogP) is 1.25. The van der Waals surface area contributed by atoms with Gasteiger partial charge in [-0.2, -0.15) is 0 Å². The lowest BCUT2D eigenvalue weighted by molar-refractivity contribution is 0.0283. The largest absolute Gasteiger partial charge is 0.444 e. The number of carbonyl (C=O) groups excluding carboxylic acids is 1. The molecule has 7 nitrogen and oxygen atoms in total. The van der Waals surface area contributed by atoms with Gasteiger partial charge in [-0.25, -0.2) is 23.2 Å². The average molecular weight is 301 g/mol. The number of ether oxygens (including phenoxy) is 1. The van der Waals surface area contributed by atoms with E-state index in [0.717, 1.165) is 6.26 Å². The van der Waals surface area contributed by atoms with E-state index in [2.05, 4.69) is 9.97 Å². The summed E-state index contributed by atoms with van der Waals surface area (Å²) in [5.74, 6) is 0. The van der Waals surface area contributed by atoms with Gasteiger partial charge in [-0.15, -0.1) is 0 Å². The Morgan fingerprint density at radius 1 is 1.40 bits per heavy atom. The fraction of sp³-hybridized carbons (Fsp3) is 0.583. The summed E-state index contributed by atoms with van der Waals surface area (Å²) in [6, 6.07) is 1.55. The zero-order chi connectivity index (χ0) is 15.6. The topological polar surface area (TPSA) is 89.5 Å². The van der Waals surface area contributed by atoms with E-state index >= 15 is 0 Å². The Kier molecular flexibility index (Phi) is 4.69. The van der Waals surface area contributed by atoms with Crippen LogP contribution < -0.4 is 0 Å². The number of carbonyl (C=O) groups is 1. The van der Waals surface area contributed by atoms with Gasteiger partial charge in [-0.05, 0) is 26.8 Å². The molecule has 0 saturated heterocycles. The van der Waals surface area contributed by atoms with E-state index in [4.69, 9.17) is 4.74 Å². The lowest BCUT2D eigenvalue weighted by atomic mass is 10.2. The molecule has 0 N–H and O–H groups in total. The van der Waals surface area contributed by atoms with Crippen molar-refractivity contribution in [1.82, 2.24) is 14.9 Å². The summed E-state index contributed by atoms with van der Waals surface area (Å²) in [6.07, 6.45) is 1.88. The van der Waals surface area contributed by atoms with E-state index in [1.807, 2.05) is 0 Å². The first-order valence-electron chi connectivity index (χ1n) is 5.95. The molecule has 0 unspecified atom stereocenters. The molecule has 0 spiro atoms. The second-order valence-electron chi connectivity index (χ2n) is 5.44. The minimum absolute atomic E-state index is 0.139. The van der Waals surface area contributed by atoms with Crippen molar-refractivity contribution in [2.75, 3.05) is 13.3 Å². The van der Waals surface area contributed by atoms with Crippen molar-refractivity contribution in [2.45, 2.75) is 38.1 Å². The molecule has 20 heavy (non-hydrogen) atoms. The lowest BCUT2D eigenvalue weighted by Crippen LogP contribution is -2.34. The Hall–Kier alpha value is -1.70. The number of amides is 1. The first-order chi connectivity index (χ1) is 8.99. The summed E-state index contributed by atoms with van der Waals surface area (Å²) in [4.78, 5) is 20.7. The van der Waals surface area contributed by atoms with Crippen LogP contribution in [-0.2, 0) is 21.1 Å². The fourth-order valence-electron chi connectivity index (χ4n) is 1.29. The van der Waals surface area contributed by atoms with E-state index in [9.17, 15) is 13.2 Å². The van der Waals surface area contributed by atoms with Crippen LogP contribution in [0.2, 0.25) is 0 Å².